The van der Waals surface area contributed by atoms with E-state index in [-0.39, 0.29) is 12.3 Å². The van der Waals surface area contributed by atoms with E-state index in [0.717, 1.165) is 40.8 Å². The lowest BCUT2D eigenvalue weighted by Crippen LogP contribution is -2.37. The van der Waals surface area contributed by atoms with E-state index in [0.29, 0.717) is 30.2 Å². The van der Waals surface area contributed by atoms with E-state index in [1.54, 1.807) is 10.9 Å². The molecule has 3 aromatic heterocycles. The quantitative estimate of drug-likeness (QED) is 0.496. The van der Waals surface area contributed by atoms with Crippen LogP contribution >= 0.6 is 0 Å². The van der Waals surface area contributed by atoms with Crippen molar-refractivity contribution in [3.05, 3.63) is 54.3 Å². The van der Waals surface area contributed by atoms with E-state index >= 15 is 0 Å². The second kappa shape index (κ2) is 8.65. The van der Waals surface area contributed by atoms with Crippen LogP contribution in [0, 0.1) is 6.92 Å². The van der Waals surface area contributed by atoms with Gasteiger partial charge >= 0.3 is 0 Å². The van der Waals surface area contributed by atoms with Crippen molar-refractivity contribution >= 4 is 28.2 Å². The molecule has 1 aliphatic heterocycles. The molecule has 170 valence electrons. The number of oxazole rings is 1. The van der Waals surface area contributed by atoms with Crippen LogP contribution in [0.15, 0.2) is 47.3 Å². The van der Waals surface area contributed by atoms with Crippen LogP contribution in [0.5, 0.6) is 0 Å². The summed E-state index contributed by atoms with van der Waals surface area (Å²) in [5.41, 5.74) is 4.43. The molecule has 0 bridgehead atoms. The van der Waals surface area contributed by atoms with Crippen molar-refractivity contribution in [2.75, 3.05) is 23.3 Å². The van der Waals surface area contributed by atoms with Crippen LogP contribution in [0.25, 0.3) is 22.4 Å². The Hall–Kier alpha value is -3.75. The normalized spacial score (nSPS) is 16.3. The van der Waals surface area contributed by atoms with Crippen molar-refractivity contribution in [3.8, 4) is 11.5 Å². The SMILES string of the molecule is Cc1cc(-c2nc(CC(=O)Nc3cc4cn(C)nc4cc3N3CCCC(F)C3)co2)ccn1. The van der Waals surface area contributed by atoms with Crippen LogP contribution < -0.4 is 10.2 Å². The molecule has 4 aromatic rings. The lowest BCUT2D eigenvalue weighted by molar-refractivity contribution is -0.115. The Balaban J connectivity index is 1.38. The summed E-state index contributed by atoms with van der Waals surface area (Å²) < 4.78 is 21.4. The zero-order chi connectivity index (χ0) is 22.9. The molecule has 0 radical (unpaired) electrons. The lowest BCUT2D eigenvalue weighted by atomic mass is 10.1. The smallest absolute Gasteiger partial charge is 0.230 e. The second-order valence-corrected chi connectivity index (χ2v) is 8.47. The number of nitrogens with zero attached hydrogens (tertiary/aromatic N) is 5. The molecule has 1 unspecified atom stereocenters. The maximum absolute atomic E-state index is 14.1. The summed E-state index contributed by atoms with van der Waals surface area (Å²) >= 11 is 0. The number of hydrogen-bond donors (Lipinski definition) is 1. The molecule has 1 aromatic carbocycles. The highest BCUT2D eigenvalue weighted by atomic mass is 19.1. The molecule has 1 saturated heterocycles. The number of rotatable bonds is 5. The minimum atomic E-state index is -0.882. The van der Waals surface area contributed by atoms with Crippen LogP contribution in [0.3, 0.4) is 0 Å². The number of hydrogen-bond acceptors (Lipinski definition) is 6. The second-order valence-electron chi connectivity index (χ2n) is 8.47. The third-order valence-electron chi connectivity index (χ3n) is 5.75. The van der Waals surface area contributed by atoms with Gasteiger partial charge in [0, 0.05) is 49.2 Å². The number of amides is 1. The summed E-state index contributed by atoms with van der Waals surface area (Å²) in [6.45, 7) is 2.93. The van der Waals surface area contributed by atoms with Crippen LogP contribution in [0.2, 0.25) is 0 Å². The van der Waals surface area contributed by atoms with Crippen LogP contribution in [0.1, 0.15) is 24.2 Å². The molecular formula is C24H25FN6O2. The Morgan fingerprint density at radius 2 is 2.21 bits per heavy atom. The highest BCUT2D eigenvalue weighted by Gasteiger charge is 2.23. The van der Waals surface area contributed by atoms with Gasteiger partial charge in [-0.15, -0.1) is 0 Å². The van der Waals surface area contributed by atoms with Gasteiger partial charge in [-0.25, -0.2) is 9.37 Å². The molecule has 1 atom stereocenters. The first-order chi connectivity index (χ1) is 15.9. The highest BCUT2D eigenvalue weighted by molar-refractivity contribution is 5.99. The Morgan fingerprint density at radius 1 is 1.33 bits per heavy atom. The van der Waals surface area contributed by atoms with E-state index in [1.165, 1.54) is 6.26 Å². The lowest BCUT2D eigenvalue weighted by Gasteiger charge is -2.32. The van der Waals surface area contributed by atoms with Gasteiger partial charge in [0.2, 0.25) is 11.8 Å². The predicted octanol–water partition coefficient (Wildman–Crippen LogP) is 4.05. The standard InChI is InChI=1S/C24H25FN6O2/c1-15-8-16(5-6-26-15)24-27-19(14-33-24)10-23(32)28-21-9-17-12-30(2)29-20(17)11-22(21)31-7-3-4-18(25)13-31/h5-6,8-9,11-12,14,18H,3-4,7,10,13H2,1-2H3,(H,28,32). The molecule has 4 heterocycles. The number of halogens is 1. The maximum Gasteiger partial charge on any atom is 0.230 e. The highest BCUT2D eigenvalue weighted by Crippen LogP contribution is 2.33. The largest absolute Gasteiger partial charge is 0.444 e. The number of aryl methyl sites for hydroxylation is 2. The van der Waals surface area contributed by atoms with E-state index in [4.69, 9.17) is 4.42 Å². The van der Waals surface area contributed by atoms with E-state index in [1.807, 2.05) is 49.3 Å². The fourth-order valence-electron chi connectivity index (χ4n) is 4.25. The summed E-state index contributed by atoms with van der Waals surface area (Å²) in [5.74, 6) is 0.224. The topological polar surface area (TPSA) is 89.1 Å². The molecule has 0 aliphatic carbocycles. The van der Waals surface area contributed by atoms with Crippen molar-refractivity contribution in [1.29, 1.82) is 0 Å². The Labute approximate surface area is 190 Å². The first-order valence-corrected chi connectivity index (χ1v) is 11.0. The Kier molecular flexibility index (Phi) is 5.53. The van der Waals surface area contributed by atoms with E-state index < -0.39 is 6.17 Å². The molecule has 0 saturated carbocycles. The molecular weight excluding hydrogens is 423 g/mol. The number of alkyl halides is 1. The number of aromatic nitrogens is 4. The summed E-state index contributed by atoms with van der Waals surface area (Å²) in [4.78, 5) is 23.5. The van der Waals surface area contributed by atoms with E-state index in [2.05, 4.69) is 20.4 Å². The van der Waals surface area contributed by atoms with Crippen LogP contribution in [0.4, 0.5) is 15.8 Å². The number of anilines is 2. The van der Waals surface area contributed by atoms with Gasteiger partial charge in [-0.2, -0.15) is 5.10 Å². The van der Waals surface area contributed by atoms with Gasteiger partial charge in [0.05, 0.1) is 29.0 Å². The van der Waals surface area contributed by atoms with Crippen molar-refractivity contribution in [1.82, 2.24) is 19.7 Å². The third kappa shape index (κ3) is 4.57. The third-order valence-corrected chi connectivity index (χ3v) is 5.75. The Bertz CT molecular complexity index is 1310. The summed E-state index contributed by atoms with van der Waals surface area (Å²) in [5, 5.41) is 8.37. The van der Waals surface area contributed by atoms with Gasteiger partial charge in [-0.1, -0.05) is 0 Å². The summed E-state index contributed by atoms with van der Waals surface area (Å²) in [6.07, 6.45) is 5.59. The molecule has 8 nitrogen and oxygen atoms in total. The number of nitrogens with one attached hydrogen (secondary N) is 1. The predicted molar refractivity (Wildman–Crippen MR) is 124 cm³/mol. The minimum absolute atomic E-state index is 0.0593. The van der Waals surface area contributed by atoms with Crippen molar-refractivity contribution in [3.63, 3.8) is 0 Å². The van der Waals surface area contributed by atoms with Crippen molar-refractivity contribution in [2.45, 2.75) is 32.4 Å². The molecule has 1 fully saturated rings. The fourth-order valence-corrected chi connectivity index (χ4v) is 4.25. The molecule has 0 spiro atoms. The number of benzene rings is 1. The number of carbonyl (C=O) groups excluding carboxylic acids is 1. The monoisotopic (exact) mass is 448 g/mol. The molecule has 33 heavy (non-hydrogen) atoms. The van der Waals surface area contributed by atoms with Crippen LogP contribution in [-0.4, -0.2) is 44.9 Å². The van der Waals surface area contributed by atoms with Gasteiger partial charge in [-0.3, -0.25) is 14.5 Å². The average molecular weight is 449 g/mol. The number of carbonyl (C=O) groups is 1. The molecule has 1 amide bonds. The minimum Gasteiger partial charge on any atom is -0.444 e. The van der Waals surface area contributed by atoms with Gasteiger partial charge < -0.3 is 14.6 Å². The fraction of sp³-hybridized carbons (Fsp3) is 0.333. The van der Waals surface area contributed by atoms with Gasteiger partial charge in [0.1, 0.15) is 12.4 Å². The number of piperidine rings is 1. The summed E-state index contributed by atoms with van der Waals surface area (Å²) in [6, 6.07) is 7.50. The van der Waals surface area contributed by atoms with Gasteiger partial charge in [-0.05, 0) is 44.0 Å². The van der Waals surface area contributed by atoms with E-state index in [9.17, 15) is 9.18 Å². The molecule has 9 heteroatoms. The zero-order valence-corrected chi connectivity index (χ0v) is 18.6. The molecule has 1 aliphatic rings. The zero-order valence-electron chi connectivity index (χ0n) is 18.6. The molecule has 1 N–H and O–H groups in total. The van der Waals surface area contributed by atoms with Crippen molar-refractivity contribution < 1.29 is 13.6 Å². The van der Waals surface area contributed by atoms with Gasteiger partial charge in [0.25, 0.3) is 0 Å². The average Bonchev–Trinajstić information content (AvgIpc) is 3.38. The first-order valence-electron chi connectivity index (χ1n) is 11.0. The first kappa shape index (κ1) is 21.1. The molecule has 5 rings (SSSR count). The maximum atomic E-state index is 14.1. The Morgan fingerprint density at radius 3 is 3.03 bits per heavy atom. The summed E-state index contributed by atoms with van der Waals surface area (Å²) in [7, 11) is 1.85. The van der Waals surface area contributed by atoms with Gasteiger partial charge in [0.15, 0.2) is 0 Å². The number of fused-ring (bicyclic) bond motifs is 1. The number of pyridine rings is 1. The van der Waals surface area contributed by atoms with Crippen molar-refractivity contribution in [2.24, 2.45) is 7.05 Å². The van der Waals surface area contributed by atoms with Crippen LogP contribution in [-0.2, 0) is 18.3 Å².